The Balaban J connectivity index is 1.41. The number of fused-ring (bicyclic) bond motifs is 1. The number of carbonyl (C=O) groups is 2. The first kappa shape index (κ1) is 14.8. The molecule has 2 aromatic rings. The molecule has 2 aliphatic heterocycles. The predicted molar refractivity (Wildman–Crippen MR) is 79.6 cm³/mol. The van der Waals surface area contributed by atoms with Crippen molar-refractivity contribution in [3.63, 3.8) is 0 Å². The number of rotatable bonds is 4. The van der Waals surface area contributed by atoms with E-state index in [1.165, 1.54) is 0 Å². The van der Waals surface area contributed by atoms with Crippen LogP contribution in [0.5, 0.6) is 11.5 Å². The minimum absolute atomic E-state index is 0.0118. The molecular weight excluding hydrogens is 338 g/mol. The Morgan fingerprint density at radius 2 is 2.08 bits per heavy atom. The Kier molecular flexibility index (Phi) is 3.73. The Morgan fingerprint density at radius 1 is 1.21 bits per heavy atom. The van der Waals surface area contributed by atoms with Crippen molar-refractivity contribution in [2.45, 2.75) is 5.22 Å². The second-order valence-electron chi connectivity index (χ2n) is 4.89. The van der Waals surface area contributed by atoms with Gasteiger partial charge in [0.25, 0.3) is 5.22 Å². The van der Waals surface area contributed by atoms with Gasteiger partial charge in [0.15, 0.2) is 11.5 Å². The van der Waals surface area contributed by atoms with Crippen LogP contribution in [0.1, 0.15) is 0 Å². The third-order valence-corrected chi connectivity index (χ3v) is 4.21. The lowest BCUT2D eigenvalue weighted by Gasteiger charge is -2.08. The molecule has 2 amide bonds. The van der Waals surface area contributed by atoms with Crippen LogP contribution in [0.4, 0.5) is 4.79 Å². The molecule has 1 aromatic carbocycles. The summed E-state index contributed by atoms with van der Waals surface area (Å²) < 4.78 is 20.8. The van der Waals surface area contributed by atoms with E-state index in [2.05, 4.69) is 10.2 Å². The van der Waals surface area contributed by atoms with Crippen molar-refractivity contribution in [2.24, 2.45) is 0 Å². The van der Waals surface area contributed by atoms with E-state index in [9.17, 15) is 9.59 Å². The molecule has 2 aliphatic rings. The van der Waals surface area contributed by atoms with E-state index >= 15 is 0 Å². The molecule has 10 heteroatoms. The molecule has 1 saturated heterocycles. The lowest BCUT2D eigenvalue weighted by molar-refractivity contribution is -0.125. The number of cyclic esters (lactones) is 1. The monoisotopic (exact) mass is 349 g/mol. The summed E-state index contributed by atoms with van der Waals surface area (Å²) in [5, 5.41) is 8.08. The van der Waals surface area contributed by atoms with Gasteiger partial charge in [0.2, 0.25) is 18.6 Å². The molecule has 1 fully saturated rings. The van der Waals surface area contributed by atoms with Gasteiger partial charge in [-0.1, -0.05) is 11.8 Å². The number of amides is 2. The lowest BCUT2D eigenvalue weighted by Crippen LogP contribution is -2.32. The van der Waals surface area contributed by atoms with Gasteiger partial charge in [0.05, 0.1) is 12.3 Å². The quantitative estimate of drug-likeness (QED) is 0.760. The normalized spacial score (nSPS) is 15.7. The van der Waals surface area contributed by atoms with E-state index in [0.29, 0.717) is 23.0 Å². The summed E-state index contributed by atoms with van der Waals surface area (Å²) >= 11 is 1.06. The number of hydrogen-bond donors (Lipinski definition) is 0. The number of ether oxygens (including phenoxy) is 3. The van der Waals surface area contributed by atoms with Gasteiger partial charge in [-0.15, -0.1) is 10.2 Å². The molecule has 0 bridgehead atoms. The van der Waals surface area contributed by atoms with Gasteiger partial charge < -0.3 is 18.6 Å². The molecule has 4 rings (SSSR count). The predicted octanol–water partition coefficient (Wildman–Crippen LogP) is 1.54. The maximum absolute atomic E-state index is 11.9. The highest BCUT2D eigenvalue weighted by atomic mass is 32.2. The molecule has 0 spiro atoms. The summed E-state index contributed by atoms with van der Waals surface area (Å²) in [5.41, 5.74) is 0.688. The number of imide groups is 1. The number of benzene rings is 1. The molecule has 0 unspecified atom stereocenters. The molecule has 0 saturated carbocycles. The molecule has 9 nitrogen and oxygen atoms in total. The first-order valence-corrected chi connectivity index (χ1v) is 8.03. The minimum Gasteiger partial charge on any atom is -0.454 e. The molecule has 1 aromatic heterocycles. The Bertz CT molecular complexity index is 808. The van der Waals surface area contributed by atoms with Crippen LogP contribution in [0.15, 0.2) is 27.8 Å². The van der Waals surface area contributed by atoms with Gasteiger partial charge in [-0.25, -0.2) is 9.69 Å². The van der Waals surface area contributed by atoms with Gasteiger partial charge in [-0.2, -0.15) is 0 Å². The van der Waals surface area contributed by atoms with Gasteiger partial charge in [0.1, 0.15) is 6.61 Å². The van der Waals surface area contributed by atoms with E-state index < -0.39 is 6.09 Å². The first-order chi connectivity index (χ1) is 11.7. The van der Waals surface area contributed by atoms with Crippen molar-refractivity contribution < 1.29 is 28.2 Å². The Labute approximate surface area is 139 Å². The van der Waals surface area contributed by atoms with Gasteiger partial charge in [0, 0.05) is 5.56 Å². The molecule has 3 heterocycles. The van der Waals surface area contributed by atoms with Crippen LogP contribution in [-0.4, -0.2) is 52.8 Å². The summed E-state index contributed by atoms with van der Waals surface area (Å²) in [5.74, 6) is 1.24. The zero-order valence-electron chi connectivity index (χ0n) is 12.3. The fraction of sp³-hybridized carbons (Fsp3) is 0.286. The lowest BCUT2D eigenvalue weighted by atomic mass is 10.2. The Morgan fingerprint density at radius 3 is 2.92 bits per heavy atom. The van der Waals surface area contributed by atoms with Crippen LogP contribution in [0.2, 0.25) is 0 Å². The zero-order chi connectivity index (χ0) is 16.5. The van der Waals surface area contributed by atoms with Crippen LogP contribution >= 0.6 is 11.8 Å². The molecule has 124 valence electrons. The minimum atomic E-state index is -0.618. The third-order valence-electron chi connectivity index (χ3n) is 3.41. The summed E-state index contributed by atoms with van der Waals surface area (Å²) in [4.78, 5) is 24.3. The van der Waals surface area contributed by atoms with E-state index in [-0.39, 0.29) is 36.8 Å². The van der Waals surface area contributed by atoms with E-state index in [0.717, 1.165) is 16.7 Å². The number of thioether (sulfide) groups is 1. The van der Waals surface area contributed by atoms with E-state index in [1.54, 1.807) is 18.2 Å². The summed E-state index contributed by atoms with van der Waals surface area (Å²) in [6.07, 6.45) is -0.618. The fourth-order valence-electron chi connectivity index (χ4n) is 2.24. The highest BCUT2D eigenvalue weighted by Crippen LogP contribution is 2.36. The van der Waals surface area contributed by atoms with Crippen molar-refractivity contribution in [3.05, 3.63) is 18.2 Å². The topological polar surface area (TPSA) is 104 Å². The average Bonchev–Trinajstić information content (AvgIpc) is 3.32. The number of carbonyl (C=O) groups excluding carboxylic acids is 2. The zero-order valence-corrected chi connectivity index (χ0v) is 13.1. The Hall–Kier alpha value is -2.75. The van der Waals surface area contributed by atoms with E-state index in [1.807, 2.05) is 0 Å². The van der Waals surface area contributed by atoms with Crippen molar-refractivity contribution in [3.8, 4) is 23.0 Å². The number of aromatic nitrogens is 2. The molecular formula is C14H11N3O6S. The number of hydrogen-bond acceptors (Lipinski definition) is 9. The van der Waals surface area contributed by atoms with Crippen LogP contribution in [0, 0.1) is 0 Å². The standard InChI is InChI=1S/C14H11N3O6S/c18-11(17-3-4-20-14(17)19)6-24-13-16-15-12(23-13)8-1-2-9-10(5-8)22-7-21-9/h1-2,5H,3-4,6-7H2. The molecule has 0 aliphatic carbocycles. The van der Waals surface area contributed by atoms with Crippen LogP contribution in [0.25, 0.3) is 11.5 Å². The smallest absolute Gasteiger partial charge is 0.416 e. The molecule has 0 N–H and O–H groups in total. The third kappa shape index (κ3) is 2.75. The van der Waals surface area contributed by atoms with Gasteiger partial charge in [-0.3, -0.25) is 4.79 Å². The summed E-state index contributed by atoms with van der Waals surface area (Å²) in [6.45, 7) is 0.680. The van der Waals surface area contributed by atoms with Crippen LogP contribution < -0.4 is 9.47 Å². The summed E-state index contributed by atoms with van der Waals surface area (Å²) in [6, 6.07) is 5.29. The average molecular weight is 349 g/mol. The van der Waals surface area contributed by atoms with Gasteiger partial charge >= 0.3 is 6.09 Å². The van der Waals surface area contributed by atoms with E-state index in [4.69, 9.17) is 18.6 Å². The SMILES string of the molecule is O=C(CSc1nnc(-c2ccc3c(c2)OCO3)o1)N1CCOC1=O. The summed E-state index contributed by atoms with van der Waals surface area (Å²) in [7, 11) is 0. The number of nitrogens with zero attached hydrogens (tertiary/aromatic N) is 3. The maximum Gasteiger partial charge on any atom is 0.416 e. The second-order valence-corrected chi connectivity index (χ2v) is 5.82. The molecule has 0 radical (unpaired) electrons. The van der Waals surface area contributed by atoms with Crippen LogP contribution in [-0.2, 0) is 9.53 Å². The van der Waals surface area contributed by atoms with Crippen molar-refractivity contribution >= 4 is 23.8 Å². The highest BCUT2D eigenvalue weighted by molar-refractivity contribution is 7.99. The fourth-order valence-corrected chi connectivity index (χ4v) is 2.87. The largest absolute Gasteiger partial charge is 0.454 e. The molecule has 24 heavy (non-hydrogen) atoms. The maximum atomic E-state index is 11.9. The van der Waals surface area contributed by atoms with Crippen molar-refractivity contribution in [1.29, 1.82) is 0 Å². The molecule has 0 atom stereocenters. The second kappa shape index (κ2) is 6.04. The first-order valence-electron chi connectivity index (χ1n) is 7.04. The highest BCUT2D eigenvalue weighted by Gasteiger charge is 2.28. The van der Waals surface area contributed by atoms with Crippen molar-refractivity contribution in [1.82, 2.24) is 15.1 Å². The van der Waals surface area contributed by atoms with Gasteiger partial charge in [-0.05, 0) is 18.2 Å². The van der Waals surface area contributed by atoms with Crippen LogP contribution in [0.3, 0.4) is 0 Å². The van der Waals surface area contributed by atoms with Crippen molar-refractivity contribution in [2.75, 3.05) is 25.7 Å².